The smallest absolute Gasteiger partial charge is 0.338 e. The summed E-state index contributed by atoms with van der Waals surface area (Å²) >= 11 is 0. The number of hydrogen-bond acceptors (Lipinski definition) is 6. The highest BCUT2D eigenvalue weighted by Crippen LogP contribution is 2.23. The van der Waals surface area contributed by atoms with Crippen molar-refractivity contribution in [3.63, 3.8) is 0 Å². The number of amides is 1. The number of para-hydroxylation sites is 2. The zero-order chi connectivity index (χ0) is 25.9. The monoisotopic (exact) mass is 496 g/mol. The topological polar surface area (TPSA) is 104 Å². The summed E-state index contributed by atoms with van der Waals surface area (Å²) in [4.78, 5) is 42.9. The Balaban J connectivity index is 1.50. The van der Waals surface area contributed by atoms with Gasteiger partial charge in [-0.15, -0.1) is 0 Å². The fraction of sp³-hybridized carbons (Fsp3) is 0.143. The Morgan fingerprint density at radius 1 is 0.946 bits per heavy atom. The highest BCUT2D eigenvalue weighted by molar-refractivity contribution is 5.94. The molecule has 0 saturated carbocycles. The third kappa shape index (κ3) is 4.66. The Morgan fingerprint density at radius 3 is 2.32 bits per heavy atom. The molecule has 2 heterocycles. The standard InChI is InChI=1S/C28H24N4O5/c1-3-37-27(35)19-8-12-20(13-9-19)29-25(33)17-31-23-6-4-5-7-24(23)32-26(34)16-22(30-28(31)32)18-10-14-21(36-2)15-11-18/h4-16H,3,17H2,1-2H3,(H,29,33). The molecule has 1 amide bonds. The molecule has 2 aromatic heterocycles. The average Bonchev–Trinajstić information content (AvgIpc) is 3.23. The number of aromatic nitrogens is 3. The maximum atomic E-state index is 13.2. The molecule has 0 aliphatic heterocycles. The van der Waals surface area contributed by atoms with Gasteiger partial charge in [0, 0.05) is 17.3 Å². The summed E-state index contributed by atoms with van der Waals surface area (Å²) in [6, 6.07) is 22.6. The van der Waals surface area contributed by atoms with Crippen LogP contribution in [0.1, 0.15) is 17.3 Å². The molecule has 0 aliphatic rings. The second-order valence-corrected chi connectivity index (χ2v) is 8.26. The van der Waals surface area contributed by atoms with Crippen molar-refractivity contribution in [2.24, 2.45) is 0 Å². The van der Waals surface area contributed by atoms with Gasteiger partial charge in [-0.1, -0.05) is 12.1 Å². The molecule has 0 spiro atoms. The van der Waals surface area contributed by atoms with Gasteiger partial charge in [0.15, 0.2) is 0 Å². The van der Waals surface area contributed by atoms with Crippen molar-refractivity contribution >= 4 is 34.4 Å². The first-order chi connectivity index (χ1) is 18.0. The summed E-state index contributed by atoms with van der Waals surface area (Å²) in [5.74, 6) is 0.320. The molecule has 0 unspecified atom stereocenters. The van der Waals surface area contributed by atoms with Gasteiger partial charge >= 0.3 is 5.97 Å². The van der Waals surface area contributed by atoms with Crippen LogP contribution < -0.4 is 15.6 Å². The van der Waals surface area contributed by atoms with E-state index in [1.165, 1.54) is 10.5 Å². The Bertz CT molecular complexity index is 1670. The predicted molar refractivity (Wildman–Crippen MR) is 140 cm³/mol. The van der Waals surface area contributed by atoms with Crippen molar-refractivity contribution in [1.82, 2.24) is 14.0 Å². The van der Waals surface area contributed by atoms with Crippen LogP contribution in [0.25, 0.3) is 28.1 Å². The van der Waals surface area contributed by atoms with Gasteiger partial charge in [-0.25, -0.2) is 14.2 Å². The molecule has 37 heavy (non-hydrogen) atoms. The molecule has 0 radical (unpaired) electrons. The lowest BCUT2D eigenvalue weighted by molar-refractivity contribution is -0.116. The van der Waals surface area contributed by atoms with Crippen molar-refractivity contribution in [2.45, 2.75) is 13.5 Å². The largest absolute Gasteiger partial charge is 0.497 e. The molecule has 0 saturated heterocycles. The van der Waals surface area contributed by atoms with Gasteiger partial charge < -0.3 is 19.4 Å². The molecule has 9 heteroatoms. The molecule has 1 N–H and O–H groups in total. The van der Waals surface area contributed by atoms with Gasteiger partial charge in [-0.05, 0) is 67.6 Å². The van der Waals surface area contributed by atoms with Crippen molar-refractivity contribution < 1.29 is 19.1 Å². The molecule has 3 aromatic carbocycles. The Labute approximate surface area is 211 Å². The van der Waals surface area contributed by atoms with Crippen LogP contribution in [0.5, 0.6) is 5.75 Å². The quantitative estimate of drug-likeness (QED) is 0.340. The number of fused-ring (bicyclic) bond motifs is 3. The van der Waals surface area contributed by atoms with E-state index in [4.69, 9.17) is 14.5 Å². The summed E-state index contributed by atoms with van der Waals surface area (Å²) in [7, 11) is 1.59. The molecular weight excluding hydrogens is 472 g/mol. The average molecular weight is 497 g/mol. The van der Waals surface area contributed by atoms with E-state index in [2.05, 4.69) is 5.32 Å². The summed E-state index contributed by atoms with van der Waals surface area (Å²) in [6.45, 7) is 1.95. The minimum absolute atomic E-state index is 0.0743. The van der Waals surface area contributed by atoms with E-state index in [-0.39, 0.29) is 24.6 Å². The third-order valence-electron chi connectivity index (χ3n) is 5.92. The lowest BCUT2D eigenvalue weighted by Crippen LogP contribution is -2.20. The predicted octanol–water partition coefficient (Wildman–Crippen LogP) is 4.14. The molecule has 0 atom stereocenters. The lowest BCUT2D eigenvalue weighted by atomic mass is 10.1. The highest BCUT2D eigenvalue weighted by Gasteiger charge is 2.17. The summed E-state index contributed by atoms with van der Waals surface area (Å²) in [5, 5.41) is 2.84. The first kappa shape index (κ1) is 23.8. The van der Waals surface area contributed by atoms with Crippen LogP contribution in [0.15, 0.2) is 83.7 Å². The Kier molecular flexibility index (Phi) is 6.42. The zero-order valence-corrected chi connectivity index (χ0v) is 20.3. The molecular formula is C28H24N4O5. The maximum Gasteiger partial charge on any atom is 0.338 e. The minimum Gasteiger partial charge on any atom is -0.497 e. The van der Waals surface area contributed by atoms with Gasteiger partial charge in [0.25, 0.3) is 5.56 Å². The van der Waals surface area contributed by atoms with E-state index < -0.39 is 5.97 Å². The van der Waals surface area contributed by atoms with Crippen LogP contribution in [0.2, 0.25) is 0 Å². The number of ether oxygens (including phenoxy) is 2. The van der Waals surface area contributed by atoms with Crippen LogP contribution in [0.4, 0.5) is 5.69 Å². The van der Waals surface area contributed by atoms with E-state index in [0.717, 1.165) is 5.56 Å². The van der Waals surface area contributed by atoms with Crippen LogP contribution in [-0.2, 0) is 16.1 Å². The van der Waals surface area contributed by atoms with Crippen molar-refractivity contribution in [1.29, 1.82) is 0 Å². The van der Waals surface area contributed by atoms with Crippen molar-refractivity contribution in [3.05, 3.63) is 94.8 Å². The first-order valence-electron chi connectivity index (χ1n) is 11.7. The molecule has 5 aromatic rings. The first-order valence-corrected chi connectivity index (χ1v) is 11.7. The second-order valence-electron chi connectivity index (χ2n) is 8.26. The van der Waals surface area contributed by atoms with Crippen LogP contribution >= 0.6 is 0 Å². The Hall–Kier alpha value is -4.92. The molecule has 186 valence electrons. The lowest BCUT2D eigenvalue weighted by Gasteiger charge is -2.09. The number of anilines is 1. The number of nitrogens with one attached hydrogen (secondary N) is 1. The number of carbonyl (C=O) groups is 2. The number of methoxy groups -OCH3 is 1. The van der Waals surface area contributed by atoms with E-state index in [0.29, 0.717) is 39.5 Å². The number of rotatable bonds is 7. The summed E-state index contributed by atoms with van der Waals surface area (Å²) in [6.07, 6.45) is 0. The molecule has 0 fully saturated rings. The number of carbonyl (C=O) groups excluding carboxylic acids is 2. The van der Waals surface area contributed by atoms with E-state index in [1.807, 2.05) is 36.4 Å². The number of hydrogen-bond donors (Lipinski definition) is 1. The fourth-order valence-corrected chi connectivity index (χ4v) is 4.18. The minimum atomic E-state index is -0.421. The van der Waals surface area contributed by atoms with Crippen LogP contribution in [0, 0.1) is 0 Å². The van der Waals surface area contributed by atoms with E-state index >= 15 is 0 Å². The van der Waals surface area contributed by atoms with Gasteiger partial charge in [0.1, 0.15) is 12.3 Å². The van der Waals surface area contributed by atoms with Gasteiger partial charge in [-0.3, -0.25) is 9.59 Å². The van der Waals surface area contributed by atoms with Crippen LogP contribution in [0.3, 0.4) is 0 Å². The normalized spacial score (nSPS) is 11.0. The van der Waals surface area contributed by atoms with Crippen LogP contribution in [-0.4, -0.2) is 39.5 Å². The Morgan fingerprint density at radius 2 is 1.65 bits per heavy atom. The number of nitrogens with zero attached hydrogens (tertiary/aromatic N) is 3. The number of imidazole rings is 1. The fourth-order valence-electron chi connectivity index (χ4n) is 4.18. The molecule has 0 aliphatic carbocycles. The van der Waals surface area contributed by atoms with Gasteiger partial charge in [0.2, 0.25) is 11.7 Å². The van der Waals surface area contributed by atoms with Crippen molar-refractivity contribution in [3.8, 4) is 17.0 Å². The molecule has 5 rings (SSSR count). The van der Waals surface area contributed by atoms with Crippen molar-refractivity contribution in [2.75, 3.05) is 19.0 Å². The third-order valence-corrected chi connectivity index (χ3v) is 5.92. The summed E-state index contributed by atoms with van der Waals surface area (Å²) in [5.41, 5.74) is 3.28. The van der Waals surface area contributed by atoms with E-state index in [9.17, 15) is 14.4 Å². The molecule has 0 bridgehead atoms. The SMILES string of the molecule is CCOC(=O)c1ccc(NC(=O)Cn2c3ccccc3n3c(=O)cc(-c4ccc(OC)cc4)nc23)cc1. The number of esters is 1. The highest BCUT2D eigenvalue weighted by atomic mass is 16.5. The van der Waals surface area contributed by atoms with Gasteiger partial charge in [0.05, 0.1) is 36.0 Å². The zero-order valence-electron chi connectivity index (χ0n) is 20.3. The van der Waals surface area contributed by atoms with Gasteiger partial charge in [-0.2, -0.15) is 0 Å². The molecule has 9 nitrogen and oxygen atoms in total. The summed E-state index contributed by atoms with van der Waals surface area (Å²) < 4.78 is 13.4. The second kappa shape index (κ2) is 9.98. The maximum absolute atomic E-state index is 13.2. The van der Waals surface area contributed by atoms with E-state index in [1.54, 1.807) is 55.0 Å². The number of benzene rings is 3.